The number of hydrogen-bond acceptors (Lipinski definition) is 3. The first-order valence-corrected chi connectivity index (χ1v) is 7.24. The number of rotatable bonds is 3. The Bertz CT molecular complexity index is 440. The van der Waals surface area contributed by atoms with Gasteiger partial charge >= 0.3 is 0 Å². The summed E-state index contributed by atoms with van der Waals surface area (Å²) >= 11 is 1.86. The number of nitrogens with one attached hydrogen (secondary N) is 1. The standard InChI is InChI=1S/C14H20N2OS/c1-14(2,15)9-13(17)16-11-7-8-18-12-6-4-3-5-10(11)12/h3-6,11H,7-9,15H2,1-2H3,(H,16,17). The third-order valence-electron chi connectivity index (χ3n) is 2.91. The predicted octanol–water partition coefficient (Wildman–Crippen LogP) is 2.47. The summed E-state index contributed by atoms with van der Waals surface area (Å²) in [6.07, 6.45) is 1.34. The third-order valence-corrected chi connectivity index (χ3v) is 4.03. The fraction of sp³-hybridized carbons (Fsp3) is 0.500. The molecule has 98 valence electrons. The molecule has 3 N–H and O–H groups in total. The molecule has 0 saturated carbocycles. The number of nitrogens with two attached hydrogens (primary N) is 1. The van der Waals surface area contributed by atoms with Gasteiger partial charge in [0.2, 0.25) is 5.91 Å². The molecule has 1 aliphatic rings. The van der Waals surface area contributed by atoms with Gasteiger partial charge < -0.3 is 11.1 Å². The van der Waals surface area contributed by atoms with Gasteiger partial charge in [-0.3, -0.25) is 4.79 Å². The second kappa shape index (κ2) is 5.33. The zero-order valence-corrected chi connectivity index (χ0v) is 11.7. The Labute approximate surface area is 113 Å². The van der Waals surface area contributed by atoms with Crippen LogP contribution in [-0.4, -0.2) is 17.2 Å². The lowest BCUT2D eigenvalue weighted by Crippen LogP contribution is -2.40. The molecule has 1 aromatic carbocycles. The molecule has 0 fully saturated rings. The Morgan fingerprint density at radius 3 is 2.94 bits per heavy atom. The maximum atomic E-state index is 11.9. The maximum Gasteiger partial charge on any atom is 0.222 e. The first-order chi connectivity index (χ1) is 8.46. The van der Waals surface area contributed by atoms with Crippen molar-refractivity contribution in [3.05, 3.63) is 29.8 Å². The van der Waals surface area contributed by atoms with Crippen molar-refractivity contribution in [2.75, 3.05) is 5.75 Å². The summed E-state index contributed by atoms with van der Waals surface area (Å²) in [5.41, 5.74) is 6.65. The van der Waals surface area contributed by atoms with Crippen LogP contribution in [0.25, 0.3) is 0 Å². The average Bonchev–Trinajstić information content (AvgIpc) is 2.27. The molecule has 1 unspecified atom stereocenters. The number of hydrogen-bond donors (Lipinski definition) is 2. The molecular formula is C14H20N2OS. The number of amides is 1. The highest BCUT2D eigenvalue weighted by Gasteiger charge is 2.24. The second-order valence-electron chi connectivity index (χ2n) is 5.46. The van der Waals surface area contributed by atoms with E-state index in [0.29, 0.717) is 6.42 Å². The Morgan fingerprint density at radius 2 is 2.22 bits per heavy atom. The van der Waals surface area contributed by atoms with Crippen molar-refractivity contribution in [2.45, 2.75) is 43.2 Å². The highest BCUT2D eigenvalue weighted by atomic mass is 32.2. The minimum Gasteiger partial charge on any atom is -0.349 e. The molecule has 4 heteroatoms. The SMILES string of the molecule is CC(C)(N)CC(=O)NC1CCSc2ccccc21. The van der Waals surface area contributed by atoms with Gasteiger partial charge in [0.1, 0.15) is 0 Å². The molecule has 0 bridgehead atoms. The van der Waals surface area contributed by atoms with Crippen LogP contribution in [0, 0.1) is 0 Å². The van der Waals surface area contributed by atoms with Gasteiger partial charge in [0, 0.05) is 22.6 Å². The first kappa shape index (κ1) is 13.4. The van der Waals surface area contributed by atoms with Gasteiger partial charge in [-0.05, 0) is 31.9 Å². The van der Waals surface area contributed by atoms with Crippen LogP contribution < -0.4 is 11.1 Å². The van der Waals surface area contributed by atoms with Gasteiger partial charge in [0.15, 0.2) is 0 Å². The lowest BCUT2D eigenvalue weighted by atomic mass is 10.00. The van der Waals surface area contributed by atoms with Gasteiger partial charge in [-0.25, -0.2) is 0 Å². The average molecular weight is 264 g/mol. The molecule has 0 aromatic heterocycles. The molecule has 1 atom stereocenters. The van der Waals surface area contributed by atoms with Gasteiger partial charge in [-0.15, -0.1) is 11.8 Å². The van der Waals surface area contributed by atoms with E-state index in [2.05, 4.69) is 17.4 Å². The van der Waals surface area contributed by atoms with Crippen LogP contribution in [0.2, 0.25) is 0 Å². The minimum absolute atomic E-state index is 0.0363. The number of thioether (sulfide) groups is 1. The van der Waals surface area contributed by atoms with E-state index in [1.165, 1.54) is 10.5 Å². The summed E-state index contributed by atoms with van der Waals surface area (Å²) in [5.74, 6) is 1.09. The molecule has 0 saturated heterocycles. The number of benzene rings is 1. The lowest BCUT2D eigenvalue weighted by Gasteiger charge is -2.27. The van der Waals surface area contributed by atoms with Gasteiger partial charge in [-0.1, -0.05) is 18.2 Å². The predicted molar refractivity (Wildman–Crippen MR) is 75.6 cm³/mol. The van der Waals surface area contributed by atoms with Crippen LogP contribution in [0.3, 0.4) is 0 Å². The van der Waals surface area contributed by atoms with Crippen molar-refractivity contribution >= 4 is 17.7 Å². The summed E-state index contributed by atoms with van der Waals surface area (Å²) in [7, 11) is 0. The van der Waals surface area contributed by atoms with Crippen molar-refractivity contribution in [1.82, 2.24) is 5.32 Å². The minimum atomic E-state index is -0.451. The van der Waals surface area contributed by atoms with E-state index in [1.54, 1.807) is 0 Å². The number of fused-ring (bicyclic) bond motifs is 1. The van der Waals surface area contributed by atoms with Crippen molar-refractivity contribution < 1.29 is 4.79 Å². The second-order valence-corrected chi connectivity index (χ2v) is 6.60. The molecule has 1 heterocycles. The summed E-state index contributed by atoms with van der Waals surface area (Å²) < 4.78 is 0. The van der Waals surface area contributed by atoms with Gasteiger partial charge in [0.25, 0.3) is 0 Å². The quantitative estimate of drug-likeness (QED) is 0.882. The van der Waals surface area contributed by atoms with E-state index in [0.717, 1.165) is 12.2 Å². The van der Waals surface area contributed by atoms with Crippen molar-refractivity contribution in [3.8, 4) is 0 Å². The summed E-state index contributed by atoms with van der Waals surface area (Å²) in [6.45, 7) is 3.74. The lowest BCUT2D eigenvalue weighted by molar-refractivity contribution is -0.122. The van der Waals surface area contributed by atoms with E-state index in [4.69, 9.17) is 5.73 Å². The largest absolute Gasteiger partial charge is 0.349 e. The summed E-state index contributed by atoms with van der Waals surface area (Å²) in [5, 5.41) is 3.10. The van der Waals surface area contributed by atoms with Crippen LogP contribution >= 0.6 is 11.8 Å². The van der Waals surface area contributed by atoms with Crippen LogP contribution in [0.4, 0.5) is 0 Å². The molecule has 3 nitrogen and oxygen atoms in total. The zero-order chi connectivity index (χ0) is 13.2. The molecule has 1 aromatic rings. The van der Waals surface area contributed by atoms with Gasteiger partial charge in [-0.2, -0.15) is 0 Å². The summed E-state index contributed by atoms with van der Waals surface area (Å²) in [6, 6.07) is 8.42. The van der Waals surface area contributed by atoms with Crippen LogP contribution in [0.1, 0.15) is 38.3 Å². The molecule has 2 rings (SSSR count). The third kappa shape index (κ3) is 3.50. The zero-order valence-electron chi connectivity index (χ0n) is 10.9. The molecular weight excluding hydrogens is 244 g/mol. The molecule has 0 spiro atoms. The molecule has 0 radical (unpaired) electrons. The van der Waals surface area contributed by atoms with E-state index in [-0.39, 0.29) is 11.9 Å². The molecule has 18 heavy (non-hydrogen) atoms. The Morgan fingerprint density at radius 1 is 1.50 bits per heavy atom. The van der Waals surface area contributed by atoms with E-state index >= 15 is 0 Å². The van der Waals surface area contributed by atoms with Crippen molar-refractivity contribution in [3.63, 3.8) is 0 Å². The van der Waals surface area contributed by atoms with Crippen LogP contribution in [0.15, 0.2) is 29.2 Å². The maximum absolute atomic E-state index is 11.9. The van der Waals surface area contributed by atoms with E-state index < -0.39 is 5.54 Å². The van der Waals surface area contributed by atoms with Crippen LogP contribution in [-0.2, 0) is 4.79 Å². The van der Waals surface area contributed by atoms with Crippen molar-refractivity contribution in [1.29, 1.82) is 0 Å². The van der Waals surface area contributed by atoms with E-state index in [1.807, 2.05) is 37.7 Å². The topological polar surface area (TPSA) is 55.1 Å². The fourth-order valence-corrected chi connectivity index (χ4v) is 3.28. The Balaban J connectivity index is 2.05. The summed E-state index contributed by atoms with van der Waals surface area (Å²) in [4.78, 5) is 13.2. The Kier molecular flexibility index (Phi) is 3.97. The molecule has 1 aliphatic heterocycles. The van der Waals surface area contributed by atoms with Crippen LogP contribution in [0.5, 0.6) is 0 Å². The highest BCUT2D eigenvalue weighted by Crippen LogP contribution is 2.35. The molecule has 1 amide bonds. The monoisotopic (exact) mass is 264 g/mol. The normalized spacial score (nSPS) is 19.2. The Hall–Kier alpha value is -1.00. The number of carbonyl (C=O) groups is 1. The first-order valence-electron chi connectivity index (χ1n) is 6.26. The fourth-order valence-electron chi connectivity index (χ4n) is 2.15. The van der Waals surface area contributed by atoms with Gasteiger partial charge in [0.05, 0.1) is 6.04 Å². The smallest absolute Gasteiger partial charge is 0.222 e. The molecule has 0 aliphatic carbocycles. The van der Waals surface area contributed by atoms with Crippen molar-refractivity contribution in [2.24, 2.45) is 5.73 Å². The highest BCUT2D eigenvalue weighted by molar-refractivity contribution is 7.99. The number of carbonyl (C=O) groups excluding carboxylic acids is 1. The van der Waals surface area contributed by atoms with E-state index in [9.17, 15) is 4.79 Å².